The lowest BCUT2D eigenvalue weighted by Crippen LogP contribution is -2.39. The summed E-state index contributed by atoms with van der Waals surface area (Å²) >= 11 is 0. The van der Waals surface area contributed by atoms with Gasteiger partial charge in [-0.2, -0.15) is 5.10 Å². The van der Waals surface area contributed by atoms with Gasteiger partial charge in [0.15, 0.2) is 0 Å². The second-order valence-corrected chi connectivity index (χ2v) is 5.35. The summed E-state index contributed by atoms with van der Waals surface area (Å²) in [6, 6.07) is 0. The van der Waals surface area contributed by atoms with Crippen LogP contribution in [0, 0.1) is 5.92 Å². The Bertz CT molecular complexity index is 415. The highest BCUT2D eigenvalue weighted by Crippen LogP contribution is 2.15. The van der Waals surface area contributed by atoms with Crippen molar-refractivity contribution in [2.75, 3.05) is 31.9 Å². The number of rotatable bonds is 4. The highest BCUT2D eigenvalue weighted by Gasteiger charge is 2.17. The van der Waals surface area contributed by atoms with Crippen molar-refractivity contribution >= 4 is 11.6 Å². The zero-order chi connectivity index (χ0) is 13.8. The van der Waals surface area contributed by atoms with Crippen LogP contribution < -0.4 is 11.1 Å². The van der Waals surface area contributed by atoms with E-state index in [-0.39, 0.29) is 5.91 Å². The molecular weight excluding hydrogens is 242 g/mol. The molecule has 1 aliphatic heterocycles. The maximum atomic E-state index is 12.0. The van der Waals surface area contributed by atoms with Crippen molar-refractivity contribution < 1.29 is 4.79 Å². The number of piperidine rings is 1. The van der Waals surface area contributed by atoms with Crippen molar-refractivity contribution in [3.05, 3.63) is 11.9 Å². The fourth-order valence-electron chi connectivity index (χ4n) is 2.43. The van der Waals surface area contributed by atoms with E-state index >= 15 is 0 Å². The second-order valence-electron chi connectivity index (χ2n) is 5.35. The summed E-state index contributed by atoms with van der Waals surface area (Å²) in [5.41, 5.74) is 6.58. The number of amides is 1. The molecule has 1 amide bonds. The van der Waals surface area contributed by atoms with Crippen molar-refractivity contribution in [3.8, 4) is 0 Å². The first kappa shape index (κ1) is 13.9. The largest absolute Gasteiger partial charge is 0.396 e. The number of nitrogens with two attached hydrogens (primary N) is 1. The Labute approximate surface area is 113 Å². The number of likely N-dealkylation sites (tertiary alicyclic amines) is 1. The molecule has 106 valence electrons. The molecule has 1 aliphatic rings. The second kappa shape index (κ2) is 6.06. The van der Waals surface area contributed by atoms with E-state index in [9.17, 15) is 4.79 Å². The van der Waals surface area contributed by atoms with Gasteiger partial charge in [-0.15, -0.1) is 0 Å². The summed E-state index contributed by atoms with van der Waals surface area (Å²) in [6.45, 7) is 6.11. The maximum absolute atomic E-state index is 12.0. The minimum Gasteiger partial charge on any atom is -0.396 e. The van der Waals surface area contributed by atoms with Crippen molar-refractivity contribution in [1.82, 2.24) is 20.0 Å². The molecule has 0 saturated carbocycles. The van der Waals surface area contributed by atoms with Gasteiger partial charge >= 0.3 is 0 Å². The van der Waals surface area contributed by atoms with Crippen LogP contribution in [0.15, 0.2) is 6.20 Å². The molecule has 1 aromatic rings. The molecule has 19 heavy (non-hydrogen) atoms. The summed E-state index contributed by atoms with van der Waals surface area (Å²) in [6.07, 6.45) is 4.01. The van der Waals surface area contributed by atoms with Gasteiger partial charge in [-0.25, -0.2) is 0 Å². The number of nitrogens with one attached hydrogen (secondary N) is 1. The van der Waals surface area contributed by atoms with Crippen LogP contribution in [-0.4, -0.2) is 46.8 Å². The summed E-state index contributed by atoms with van der Waals surface area (Å²) in [5.74, 6) is 0.683. The Morgan fingerprint density at radius 3 is 2.79 bits per heavy atom. The third-order valence-corrected chi connectivity index (χ3v) is 3.77. The molecule has 0 unspecified atom stereocenters. The van der Waals surface area contributed by atoms with Crippen molar-refractivity contribution in [3.63, 3.8) is 0 Å². The molecule has 0 atom stereocenters. The van der Waals surface area contributed by atoms with Crippen LogP contribution in [0.25, 0.3) is 0 Å². The summed E-state index contributed by atoms with van der Waals surface area (Å²) in [7, 11) is 1.72. The molecule has 0 spiro atoms. The molecule has 0 aliphatic carbocycles. The predicted octanol–water partition coefficient (Wildman–Crippen LogP) is 0.464. The van der Waals surface area contributed by atoms with E-state index in [2.05, 4.69) is 22.2 Å². The van der Waals surface area contributed by atoms with Crippen LogP contribution in [-0.2, 0) is 7.05 Å². The fourth-order valence-corrected chi connectivity index (χ4v) is 2.43. The number of anilines is 1. The molecule has 3 N–H and O–H groups in total. The summed E-state index contributed by atoms with van der Waals surface area (Å²) in [5, 5.41) is 6.87. The van der Waals surface area contributed by atoms with Crippen LogP contribution in [0.1, 0.15) is 30.3 Å². The average molecular weight is 265 g/mol. The fraction of sp³-hybridized carbons (Fsp3) is 0.692. The standard InChI is InChI=1S/C13H23N5O/c1-10-3-6-18(7-4-10)8-5-15-13(19)12-11(14)9-16-17(12)2/h9-10H,3-8,14H2,1-2H3,(H,15,19). The Morgan fingerprint density at radius 2 is 2.21 bits per heavy atom. The monoisotopic (exact) mass is 265 g/mol. The quantitative estimate of drug-likeness (QED) is 0.829. The number of carbonyl (C=O) groups is 1. The van der Waals surface area contributed by atoms with Crippen molar-refractivity contribution in [1.29, 1.82) is 0 Å². The smallest absolute Gasteiger partial charge is 0.271 e. The molecule has 0 aromatic carbocycles. The molecular formula is C13H23N5O. The highest BCUT2D eigenvalue weighted by molar-refractivity contribution is 5.97. The number of nitrogens with zero attached hydrogens (tertiary/aromatic N) is 3. The summed E-state index contributed by atoms with van der Waals surface area (Å²) < 4.78 is 1.51. The van der Waals surface area contributed by atoms with Gasteiger partial charge < -0.3 is 16.0 Å². The van der Waals surface area contributed by atoms with E-state index in [0.29, 0.717) is 17.9 Å². The van der Waals surface area contributed by atoms with Crippen molar-refractivity contribution in [2.24, 2.45) is 13.0 Å². The first-order chi connectivity index (χ1) is 9.08. The van der Waals surface area contributed by atoms with Crippen LogP contribution in [0.4, 0.5) is 5.69 Å². The summed E-state index contributed by atoms with van der Waals surface area (Å²) in [4.78, 5) is 14.4. The molecule has 6 nitrogen and oxygen atoms in total. The normalized spacial score (nSPS) is 17.6. The first-order valence-corrected chi connectivity index (χ1v) is 6.86. The van der Waals surface area contributed by atoms with E-state index < -0.39 is 0 Å². The van der Waals surface area contributed by atoms with Gasteiger partial charge in [0.1, 0.15) is 5.69 Å². The lowest BCUT2D eigenvalue weighted by molar-refractivity contribution is 0.0936. The van der Waals surface area contributed by atoms with E-state index in [4.69, 9.17) is 5.73 Å². The number of hydrogen-bond donors (Lipinski definition) is 2. The van der Waals surface area contributed by atoms with Crippen LogP contribution >= 0.6 is 0 Å². The SMILES string of the molecule is CC1CCN(CCNC(=O)c2c(N)cnn2C)CC1. The van der Waals surface area contributed by atoms with Crippen molar-refractivity contribution in [2.45, 2.75) is 19.8 Å². The highest BCUT2D eigenvalue weighted by atomic mass is 16.2. The molecule has 2 heterocycles. The molecule has 1 aromatic heterocycles. The molecule has 0 radical (unpaired) electrons. The van der Waals surface area contributed by atoms with Crippen LogP contribution in [0.3, 0.4) is 0 Å². The topological polar surface area (TPSA) is 76.2 Å². The van der Waals surface area contributed by atoms with Gasteiger partial charge in [-0.05, 0) is 31.8 Å². The third-order valence-electron chi connectivity index (χ3n) is 3.77. The molecule has 1 saturated heterocycles. The molecule has 1 fully saturated rings. The molecule has 0 bridgehead atoms. The Balaban J connectivity index is 1.75. The van der Waals surface area contributed by atoms with Gasteiger partial charge in [-0.1, -0.05) is 6.92 Å². The Kier molecular flexibility index (Phi) is 4.42. The van der Waals surface area contributed by atoms with Gasteiger partial charge in [-0.3, -0.25) is 9.48 Å². The number of aromatic nitrogens is 2. The first-order valence-electron chi connectivity index (χ1n) is 6.86. The van der Waals surface area contributed by atoms with E-state index in [0.717, 1.165) is 25.6 Å². The predicted molar refractivity (Wildman–Crippen MR) is 74.8 cm³/mol. The average Bonchev–Trinajstić information content (AvgIpc) is 2.71. The molecule has 6 heteroatoms. The van der Waals surface area contributed by atoms with Crippen LogP contribution in [0.2, 0.25) is 0 Å². The van der Waals surface area contributed by atoms with Crippen LogP contribution in [0.5, 0.6) is 0 Å². The third kappa shape index (κ3) is 3.47. The zero-order valence-electron chi connectivity index (χ0n) is 11.7. The minimum absolute atomic E-state index is 0.150. The number of aryl methyl sites for hydroxylation is 1. The van der Waals surface area contributed by atoms with Gasteiger partial charge in [0.2, 0.25) is 0 Å². The number of carbonyl (C=O) groups excluding carboxylic acids is 1. The number of nitrogen functional groups attached to an aromatic ring is 1. The van der Waals surface area contributed by atoms with E-state index in [1.807, 2.05) is 0 Å². The Morgan fingerprint density at radius 1 is 1.53 bits per heavy atom. The van der Waals surface area contributed by atoms with E-state index in [1.165, 1.54) is 23.7 Å². The Hall–Kier alpha value is -1.56. The lowest BCUT2D eigenvalue weighted by atomic mass is 9.99. The van der Waals surface area contributed by atoms with E-state index in [1.54, 1.807) is 7.05 Å². The minimum atomic E-state index is -0.150. The number of hydrogen-bond acceptors (Lipinski definition) is 4. The lowest BCUT2D eigenvalue weighted by Gasteiger charge is -2.30. The van der Waals surface area contributed by atoms with Gasteiger partial charge in [0.05, 0.1) is 11.9 Å². The van der Waals surface area contributed by atoms with Gasteiger partial charge in [0.25, 0.3) is 5.91 Å². The van der Waals surface area contributed by atoms with Gasteiger partial charge in [0, 0.05) is 20.1 Å². The maximum Gasteiger partial charge on any atom is 0.271 e. The molecule has 2 rings (SSSR count). The zero-order valence-corrected chi connectivity index (χ0v) is 11.7.